The third-order valence-corrected chi connectivity index (χ3v) is 4.29. The lowest BCUT2D eigenvalue weighted by Gasteiger charge is -2.19. The third-order valence-electron chi connectivity index (χ3n) is 4.29. The molecule has 24 heavy (non-hydrogen) atoms. The maximum absolute atomic E-state index is 12.3. The van der Waals surface area contributed by atoms with Gasteiger partial charge in [-0.2, -0.15) is 0 Å². The zero-order chi connectivity index (χ0) is 17.4. The maximum Gasteiger partial charge on any atom is 0.270 e. The lowest BCUT2D eigenvalue weighted by Crippen LogP contribution is -2.46. The fourth-order valence-corrected chi connectivity index (χ4v) is 3.04. The topological polar surface area (TPSA) is 130 Å². The van der Waals surface area contributed by atoms with Crippen LogP contribution in [0.15, 0.2) is 18.2 Å². The number of nitrogens with zero attached hydrogens (tertiary/aromatic N) is 2. The highest BCUT2D eigenvalue weighted by molar-refractivity contribution is 6.22. The van der Waals surface area contributed by atoms with Gasteiger partial charge in [0.15, 0.2) is 0 Å². The zero-order valence-electron chi connectivity index (χ0n) is 12.6. The Kier molecular flexibility index (Phi) is 4.02. The first-order valence-corrected chi connectivity index (χ1v) is 7.50. The molecule has 1 heterocycles. The molecule has 1 fully saturated rings. The number of nitrogens with one attached hydrogen (secondary N) is 1. The van der Waals surface area contributed by atoms with Gasteiger partial charge in [-0.15, -0.1) is 0 Å². The molecule has 2 atom stereocenters. The Bertz CT molecular complexity index is 747. The molecular formula is C15H15N3O6. The highest BCUT2D eigenvalue weighted by Crippen LogP contribution is 2.26. The smallest absolute Gasteiger partial charge is 0.270 e. The number of hydrogen-bond donors (Lipinski definition) is 2. The van der Waals surface area contributed by atoms with E-state index in [4.69, 9.17) is 0 Å². The van der Waals surface area contributed by atoms with Crippen LogP contribution in [0.25, 0.3) is 0 Å². The standard InChI is InChI=1S/C15H15N3O6/c19-12-3-1-2-11(12)16-13(20)7-17-14(21)9-5-4-8(18(23)24)6-10(9)15(17)22/h4-6,11-12,19H,1-3,7H2,(H,16,20). The molecule has 9 nitrogen and oxygen atoms in total. The number of aliphatic hydroxyl groups is 1. The second-order valence-corrected chi connectivity index (χ2v) is 5.86. The highest BCUT2D eigenvalue weighted by Gasteiger charge is 2.38. The lowest BCUT2D eigenvalue weighted by molar-refractivity contribution is -0.384. The number of benzene rings is 1. The molecule has 1 aromatic carbocycles. The first-order valence-electron chi connectivity index (χ1n) is 7.50. The van der Waals surface area contributed by atoms with Crippen molar-refractivity contribution < 1.29 is 24.4 Å². The minimum atomic E-state index is -0.735. The fourth-order valence-electron chi connectivity index (χ4n) is 3.04. The van der Waals surface area contributed by atoms with Crippen molar-refractivity contribution in [2.75, 3.05) is 6.54 Å². The molecule has 0 radical (unpaired) electrons. The van der Waals surface area contributed by atoms with Gasteiger partial charge in [0, 0.05) is 12.1 Å². The summed E-state index contributed by atoms with van der Waals surface area (Å²) in [6.07, 6.45) is 1.41. The largest absolute Gasteiger partial charge is 0.391 e. The summed E-state index contributed by atoms with van der Waals surface area (Å²) in [7, 11) is 0. The lowest BCUT2D eigenvalue weighted by atomic mass is 10.1. The van der Waals surface area contributed by atoms with E-state index in [0.717, 1.165) is 23.5 Å². The summed E-state index contributed by atoms with van der Waals surface area (Å²) in [4.78, 5) is 47.4. The van der Waals surface area contributed by atoms with Crippen LogP contribution in [-0.2, 0) is 4.79 Å². The minimum absolute atomic E-state index is 0.0410. The second-order valence-electron chi connectivity index (χ2n) is 5.86. The number of nitro groups is 1. The van der Waals surface area contributed by atoms with Gasteiger partial charge in [-0.1, -0.05) is 0 Å². The summed E-state index contributed by atoms with van der Waals surface area (Å²) in [5, 5.41) is 23.1. The number of carbonyl (C=O) groups is 3. The molecule has 2 aliphatic rings. The molecule has 0 aromatic heterocycles. The number of carbonyl (C=O) groups excluding carboxylic acids is 3. The Balaban J connectivity index is 1.73. The first kappa shape index (κ1) is 16.1. The second kappa shape index (κ2) is 6.00. The number of aliphatic hydroxyl groups excluding tert-OH is 1. The third kappa shape index (κ3) is 2.73. The van der Waals surface area contributed by atoms with Gasteiger partial charge in [-0.25, -0.2) is 0 Å². The number of fused-ring (bicyclic) bond motifs is 1. The van der Waals surface area contributed by atoms with Gasteiger partial charge in [-0.3, -0.25) is 29.4 Å². The number of amides is 3. The van der Waals surface area contributed by atoms with Crippen LogP contribution in [0.5, 0.6) is 0 Å². The normalized spacial score (nSPS) is 22.6. The van der Waals surface area contributed by atoms with Crippen molar-refractivity contribution in [2.45, 2.75) is 31.4 Å². The molecule has 0 saturated heterocycles. The van der Waals surface area contributed by atoms with E-state index in [2.05, 4.69) is 5.32 Å². The Labute approximate surface area is 136 Å². The van der Waals surface area contributed by atoms with Crippen LogP contribution in [0.2, 0.25) is 0 Å². The van der Waals surface area contributed by atoms with Gasteiger partial charge < -0.3 is 10.4 Å². The molecule has 1 aliphatic heterocycles. The molecule has 0 bridgehead atoms. The summed E-state index contributed by atoms with van der Waals surface area (Å²) in [6, 6.07) is 3.01. The zero-order valence-corrected chi connectivity index (χ0v) is 12.6. The van der Waals surface area contributed by atoms with Crippen molar-refractivity contribution in [3.05, 3.63) is 39.4 Å². The predicted molar refractivity (Wildman–Crippen MR) is 80.3 cm³/mol. The molecule has 2 unspecified atom stereocenters. The number of hydrogen-bond acceptors (Lipinski definition) is 6. The van der Waals surface area contributed by atoms with E-state index in [1.165, 1.54) is 6.07 Å². The quantitative estimate of drug-likeness (QED) is 0.460. The molecule has 126 valence electrons. The van der Waals surface area contributed by atoms with E-state index >= 15 is 0 Å². The molecule has 0 spiro atoms. The summed E-state index contributed by atoms with van der Waals surface area (Å²) in [6.45, 7) is -0.483. The first-order chi connectivity index (χ1) is 11.4. The van der Waals surface area contributed by atoms with E-state index in [9.17, 15) is 29.6 Å². The van der Waals surface area contributed by atoms with E-state index in [1.807, 2.05) is 0 Å². The van der Waals surface area contributed by atoms with E-state index in [-0.39, 0.29) is 22.9 Å². The summed E-state index contributed by atoms with van der Waals surface area (Å²) in [5.41, 5.74) is -0.336. The summed E-state index contributed by atoms with van der Waals surface area (Å²) in [5.74, 6) is -1.95. The molecule has 1 aromatic rings. The number of nitro benzene ring substituents is 1. The number of imide groups is 1. The molecule has 1 saturated carbocycles. The van der Waals surface area contributed by atoms with Crippen LogP contribution in [0, 0.1) is 10.1 Å². The van der Waals surface area contributed by atoms with Crippen molar-refractivity contribution in [1.29, 1.82) is 0 Å². The van der Waals surface area contributed by atoms with Gasteiger partial charge >= 0.3 is 0 Å². The van der Waals surface area contributed by atoms with Crippen LogP contribution >= 0.6 is 0 Å². The van der Waals surface area contributed by atoms with Gasteiger partial charge in [0.1, 0.15) is 6.54 Å². The van der Waals surface area contributed by atoms with Crippen LogP contribution < -0.4 is 5.32 Å². The molecular weight excluding hydrogens is 318 g/mol. The van der Waals surface area contributed by atoms with Crippen LogP contribution in [-0.4, -0.2) is 51.3 Å². The Morgan fingerprint density at radius 2 is 2.00 bits per heavy atom. The molecule has 3 amide bonds. The SMILES string of the molecule is O=C(CN1C(=O)c2ccc([N+](=O)[O-])cc2C1=O)NC1CCCC1O. The summed E-state index contributed by atoms with van der Waals surface area (Å²) >= 11 is 0. The Hall–Kier alpha value is -2.81. The molecule has 1 aliphatic carbocycles. The van der Waals surface area contributed by atoms with E-state index < -0.39 is 35.3 Å². The summed E-state index contributed by atoms with van der Waals surface area (Å²) < 4.78 is 0. The van der Waals surface area contributed by atoms with E-state index in [0.29, 0.717) is 12.8 Å². The minimum Gasteiger partial charge on any atom is -0.391 e. The van der Waals surface area contributed by atoms with Crippen molar-refractivity contribution in [3.63, 3.8) is 0 Å². The Morgan fingerprint density at radius 1 is 1.29 bits per heavy atom. The highest BCUT2D eigenvalue weighted by atomic mass is 16.6. The van der Waals surface area contributed by atoms with Crippen molar-refractivity contribution in [3.8, 4) is 0 Å². The van der Waals surface area contributed by atoms with Gasteiger partial charge in [0.25, 0.3) is 17.5 Å². The maximum atomic E-state index is 12.3. The monoisotopic (exact) mass is 333 g/mol. The van der Waals surface area contributed by atoms with Crippen LogP contribution in [0.3, 0.4) is 0 Å². The number of rotatable bonds is 4. The van der Waals surface area contributed by atoms with E-state index in [1.54, 1.807) is 0 Å². The average Bonchev–Trinajstić information content (AvgIpc) is 3.04. The van der Waals surface area contributed by atoms with Gasteiger partial charge in [0.05, 0.1) is 28.2 Å². The molecule has 3 rings (SSSR count). The van der Waals surface area contributed by atoms with Gasteiger partial charge in [0.2, 0.25) is 5.91 Å². The molecule has 2 N–H and O–H groups in total. The van der Waals surface area contributed by atoms with Crippen LogP contribution in [0.1, 0.15) is 40.0 Å². The average molecular weight is 333 g/mol. The predicted octanol–water partition coefficient (Wildman–Crippen LogP) is 0.220. The Morgan fingerprint density at radius 3 is 2.62 bits per heavy atom. The van der Waals surface area contributed by atoms with Gasteiger partial charge in [-0.05, 0) is 25.3 Å². The fraction of sp³-hybridized carbons (Fsp3) is 0.400. The van der Waals surface area contributed by atoms with Crippen molar-refractivity contribution >= 4 is 23.4 Å². The molecule has 9 heteroatoms. The van der Waals surface area contributed by atoms with Crippen molar-refractivity contribution in [2.24, 2.45) is 0 Å². The number of non-ortho nitro benzene ring substituents is 1. The van der Waals surface area contributed by atoms with Crippen LogP contribution in [0.4, 0.5) is 5.69 Å². The van der Waals surface area contributed by atoms with Crippen molar-refractivity contribution in [1.82, 2.24) is 10.2 Å².